The smallest absolute Gasteiger partial charge is 0.219 e. The predicted octanol–water partition coefficient (Wildman–Crippen LogP) is 3.27. The van der Waals surface area contributed by atoms with Crippen LogP contribution in [0.15, 0.2) is 24.4 Å². The van der Waals surface area contributed by atoms with Crippen molar-refractivity contribution in [3.05, 3.63) is 40.7 Å². The molecule has 1 aromatic carbocycles. The highest BCUT2D eigenvalue weighted by molar-refractivity contribution is 6.31. The molecule has 0 spiro atoms. The molecule has 1 N–H and O–H groups in total. The summed E-state index contributed by atoms with van der Waals surface area (Å²) in [4.78, 5) is 21.5. The molecule has 0 fully saturated rings. The zero-order valence-electron chi connectivity index (χ0n) is 11.6. The Morgan fingerprint density at radius 2 is 2.24 bits per heavy atom. The summed E-state index contributed by atoms with van der Waals surface area (Å²) in [6.45, 7) is 3.05. The summed E-state index contributed by atoms with van der Waals surface area (Å²) in [5.41, 5.74) is 4.38. The molecule has 0 bridgehead atoms. The largest absolute Gasteiger partial charge is 0.357 e. The molecular weight excluding hydrogens is 286 g/mol. The van der Waals surface area contributed by atoms with Gasteiger partial charge in [0.15, 0.2) is 0 Å². The molecule has 0 saturated heterocycles. The maximum absolute atomic E-state index is 11.6. The number of nitrogens with zero attached hydrogens (tertiary/aromatic N) is 2. The van der Waals surface area contributed by atoms with Gasteiger partial charge in [-0.05, 0) is 18.2 Å². The first-order valence-corrected chi connectivity index (χ1v) is 7.34. The minimum atomic E-state index is 0.121. The van der Waals surface area contributed by atoms with Crippen LogP contribution in [-0.4, -0.2) is 27.3 Å². The first-order valence-electron chi connectivity index (χ1n) is 6.96. The Hall–Kier alpha value is -2.07. The summed E-state index contributed by atoms with van der Waals surface area (Å²) in [7, 11) is 0. The van der Waals surface area contributed by atoms with Gasteiger partial charge in [-0.25, -0.2) is 0 Å². The summed E-state index contributed by atoms with van der Waals surface area (Å²) < 4.78 is 0. The number of nitrogens with one attached hydrogen (secondary N) is 1. The third-order valence-corrected chi connectivity index (χ3v) is 4.46. The first kappa shape index (κ1) is 12.7. The summed E-state index contributed by atoms with van der Waals surface area (Å²) in [6.07, 6.45) is 2.74. The normalized spacial score (nSPS) is 14.7. The first-order chi connectivity index (χ1) is 10.1. The van der Waals surface area contributed by atoms with Gasteiger partial charge in [0.05, 0.1) is 11.0 Å². The number of carbonyl (C=O) groups excluding carboxylic acids is 1. The van der Waals surface area contributed by atoms with Crippen molar-refractivity contribution < 1.29 is 4.79 Å². The van der Waals surface area contributed by atoms with E-state index in [2.05, 4.69) is 9.97 Å². The minimum absolute atomic E-state index is 0.121. The fourth-order valence-corrected chi connectivity index (χ4v) is 3.26. The van der Waals surface area contributed by atoms with Crippen LogP contribution >= 0.6 is 11.6 Å². The quantitative estimate of drug-likeness (QED) is 0.692. The summed E-state index contributed by atoms with van der Waals surface area (Å²) in [6, 6.07) is 5.75. The highest BCUT2D eigenvalue weighted by atomic mass is 35.5. The van der Waals surface area contributed by atoms with Gasteiger partial charge in [-0.3, -0.25) is 9.78 Å². The molecule has 1 aliphatic heterocycles. The van der Waals surface area contributed by atoms with E-state index >= 15 is 0 Å². The van der Waals surface area contributed by atoms with Crippen molar-refractivity contribution in [3.63, 3.8) is 0 Å². The number of aromatic amines is 1. The van der Waals surface area contributed by atoms with Crippen LogP contribution in [0.5, 0.6) is 0 Å². The van der Waals surface area contributed by atoms with Crippen LogP contribution in [0.25, 0.3) is 21.8 Å². The Balaban J connectivity index is 1.96. The lowest BCUT2D eigenvalue weighted by atomic mass is 10.0. The molecule has 0 radical (unpaired) electrons. The molecule has 2 aromatic heterocycles. The van der Waals surface area contributed by atoms with E-state index in [1.54, 1.807) is 6.92 Å². The van der Waals surface area contributed by atoms with Crippen LogP contribution in [0.2, 0.25) is 5.02 Å². The number of benzene rings is 1. The van der Waals surface area contributed by atoms with Crippen LogP contribution in [0, 0.1) is 0 Å². The molecule has 1 amide bonds. The van der Waals surface area contributed by atoms with Crippen LogP contribution in [0.1, 0.15) is 18.2 Å². The van der Waals surface area contributed by atoms with Gasteiger partial charge >= 0.3 is 0 Å². The van der Waals surface area contributed by atoms with Gasteiger partial charge in [0, 0.05) is 59.7 Å². The van der Waals surface area contributed by atoms with Crippen molar-refractivity contribution in [1.82, 2.24) is 14.9 Å². The Morgan fingerprint density at radius 3 is 3.05 bits per heavy atom. The number of H-pyrrole nitrogens is 1. The number of hydrogen-bond donors (Lipinski definition) is 1. The van der Waals surface area contributed by atoms with Crippen molar-refractivity contribution >= 4 is 39.3 Å². The van der Waals surface area contributed by atoms with Gasteiger partial charge in [0.25, 0.3) is 0 Å². The molecule has 3 aromatic rings. The van der Waals surface area contributed by atoms with Crippen LogP contribution in [0.4, 0.5) is 0 Å². The van der Waals surface area contributed by atoms with E-state index < -0.39 is 0 Å². The second-order valence-corrected chi connectivity index (χ2v) is 5.92. The molecule has 3 heterocycles. The Kier molecular flexibility index (Phi) is 2.69. The molecule has 0 aliphatic carbocycles. The van der Waals surface area contributed by atoms with Crippen molar-refractivity contribution in [3.8, 4) is 0 Å². The second-order valence-electron chi connectivity index (χ2n) is 5.48. The highest BCUT2D eigenvalue weighted by Crippen LogP contribution is 2.32. The monoisotopic (exact) mass is 299 g/mol. The molecule has 1 aliphatic rings. The Bertz CT molecular complexity index is 884. The molecule has 0 atom stereocenters. The van der Waals surface area contributed by atoms with E-state index in [1.807, 2.05) is 29.3 Å². The molecule has 0 saturated carbocycles. The SMILES string of the molecule is CC(=O)N1CCc2[nH]c3c(cnc4cc(Cl)ccc43)c2C1. The van der Waals surface area contributed by atoms with Crippen molar-refractivity contribution in [2.24, 2.45) is 0 Å². The number of carbonyl (C=O) groups is 1. The van der Waals surface area contributed by atoms with Crippen LogP contribution in [-0.2, 0) is 17.8 Å². The summed E-state index contributed by atoms with van der Waals surface area (Å²) in [5, 5.41) is 2.86. The molecule has 4 nitrogen and oxygen atoms in total. The van der Waals surface area contributed by atoms with E-state index in [0.717, 1.165) is 34.8 Å². The maximum atomic E-state index is 11.6. The van der Waals surface area contributed by atoms with Crippen LogP contribution < -0.4 is 0 Å². The number of fused-ring (bicyclic) bond motifs is 5. The number of pyridine rings is 1. The van der Waals surface area contributed by atoms with E-state index in [4.69, 9.17) is 11.6 Å². The summed E-state index contributed by atoms with van der Waals surface area (Å²) in [5.74, 6) is 0.121. The average molecular weight is 300 g/mol. The average Bonchev–Trinajstić information content (AvgIpc) is 2.84. The molecule has 21 heavy (non-hydrogen) atoms. The van der Waals surface area contributed by atoms with Crippen molar-refractivity contribution in [2.75, 3.05) is 6.54 Å². The molecule has 5 heteroatoms. The van der Waals surface area contributed by atoms with E-state index in [1.165, 1.54) is 11.3 Å². The van der Waals surface area contributed by atoms with E-state index in [0.29, 0.717) is 11.6 Å². The highest BCUT2D eigenvalue weighted by Gasteiger charge is 2.23. The predicted molar refractivity (Wildman–Crippen MR) is 83.4 cm³/mol. The topological polar surface area (TPSA) is 49.0 Å². The van der Waals surface area contributed by atoms with Crippen LogP contribution in [0.3, 0.4) is 0 Å². The second kappa shape index (κ2) is 4.46. The molecule has 0 unspecified atom stereocenters. The maximum Gasteiger partial charge on any atom is 0.219 e. The lowest BCUT2D eigenvalue weighted by Gasteiger charge is -2.25. The number of amides is 1. The van der Waals surface area contributed by atoms with Crippen molar-refractivity contribution in [1.29, 1.82) is 0 Å². The fourth-order valence-electron chi connectivity index (χ4n) is 3.10. The molecule has 106 valence electrons. The van der Waals surface area contributed by atoms with Gasteiger partial charge < -0.3 is 9.88 Å². The third-order valence-electron chi connectivity index (χ3n) is 4.22. The molecule has 4 rings (SSSR count). The Morgan fingerprint density at radius 1 is 1.38 bits per heavy atom. The zero-order valence-corrected chi connectivity index (χ0v) is 12.4. The number of rotatable bonds is 0. The van der Waals surface area contributed by atoms with Gasteiger partial charge in [-0.2, -0.15) is 0 Å². The summed E-state index contributed by atoms with van der Waals surface area (Å²) >= 11 is 6.03. The zero-order chi connectivity index (χ0) is 14.6. The van der Waals surface area contributed by atoms with Crippen molar-refractivity contribution in [2.45, 2.75) is 19.9 Å². The number of halogens is 1. The molecular formula is C16H14ClN3O. The van der Waals surface area contributed by atoms with E-state index in [9.17, 15) is 4.79 Å². The number of aromatic nitrogens is 2. The number of hydrogen-bond acceptors (Lipinski definition) is 2. The van der Waals surface area contributed by atoms with Gasteiger partial charge in [-0.1, -0.05) is 11.6 Å². The minimum Gasteiger partial charge on any atom is -0.357 e. The van der Waals surface area contributed by atoms with Gasteiger partial charge in [0.1, 0.15) is 0 Å². The van der Waals surface area contributed by atoms with Gasteiger partial charge in [-0.15, -0.1) is 0 Å². The third kappa shape index (κ3) is 1.90. The standard InChI is InChI=1S/C16H14ClN3O/c1-9(21)20-5-4-14-13(8-20)12-7-18-15-6-10(17)2-3-11(15)16(12)19-14/h2-3,6-7,19H,4-5,8H2,1H3. The van der Waals surface area contributed by atoms with Gasteiger partial charge in [0.2, 0.25) is 5.91 Å². The Labute approximate surface area is 126 Å². The lowest BCUT2D eigenvalue weighted by Crippen LogP contribution is -2.33. The van der Waals surface area contributed by atoms with E-state index in [-0.39, 0.29) is 5.91 Å². The lowest BCUT2D eigenvalue weighted by molar-refractivity contribution is -0.129. The fraction of sp³-hybridized carbons (Fsp3) is 0.250.